The van der Waals surface area contributed by atoms with E-state index < -0.39 is 0 Å². The molecule has 0 aliphatic heterocycles. The Morgan fingerprint density at radius 3 is 2.61 bits per heavy atom. The molecule has 4 nitrogen and oxygen atoms in total. The van der Waals surface area contributed by atoms with Crippen molar-refractivity contribution in [2.75, 3.05) is 0 Å². The predicted octanol–water partition coefficient (Wildman–Crippen LogP) is -1.33. The number of nitriles is 1. The van der Waals surface area contributed by atoms with Gasteiger partial charge in [0.05, 0.1) is 18.0 Å². The summed E-state index contributed by atoms with van der Waals surface area (Å²) >= 11 is 10.7. The van der Waals surface area contributed by atoms with Crippen LogP contribution < -0.4 is 35.1 Å². The van der Waals surface area contributed by atoms with Crippen molar-refractivity contribution in [1.29, 1.82) is 5.26 Å². The molecule has 0 fully saturated rings. The minimum Gasteiger partial charge on any atom is -0.760 e. The summed E-state index contributed by atoms with van der Waals surface area (Å²) in [5.74, 6) is 0. The van der Waals surface area contributed by atoms with Crippen molar-refractivity contribution in [2.24, 2.45) is 0 Å². The molecule has 2 aromatic rings. The molecule has 0 unspecified atom stereocenters. The Bertz CT molecular complexity index is 663. The van der Waals surface area contributed by atoms with Crippen LogP contribution in [0.3, 0.4) is 0 Å². The summed E-state index contributed by atoms with van der Waals surface area (Å²) in [6.45, 7) is 0. The molecule has 0 N–H and O–H groups in total. The number of halogens is 1. The topological polar surface area (TPSA) is 58.7 Å². The van der Waals surface area contributed by atoms with Crippen molar-refractivity contribution in [2.45, 2.75) is 5.03 Å². The molecule has 2 rings (SSSR count). The van der Waals surface area contributed by atoms with E-state index in [1.165, 1.54) is 22.9 Å². The number of nitrogens with zero attached hydrogens (tertiary/aromatic N) is 3. The molecule has 0 aliphatic rings. The average Bonchev–Trinajstić information content (AvgIpc) is 2.32. The summed E-state index contributed by atoms with van der Waals surface area (Å²) in [6.07, 6.45) is 1.43. The number of hydrogen-bond acceptors (Lipinski definition) is 4. The van der Waals surface area contributed by atoms with Crippen LogP contribution in [0, 0.1) is 11.3 Å². The van der Waals surface area contributed by atoms with Crippen LogP contribution >= 0.6 is 11.6 Å². The van der Waals surface area contributed by atoms with Crippen LogP contribution in [0.25, 0.3) is 5.69 Å². The Morgan fingerprint density at radius 1 is 1.33 bits per heavy atom. The van der Waals surface area contributed by atoms with Crippen LogP contribution in [-0.2, 0) is 12.6 Å². The van der Waals surface area contributed by atoms with Gasteiger partial charge in [0, 0.05) is 11.6 Å². The van der Waals surface area contributed by atoms with E-state index in [-0.39, 0.29) is 45.7 Å². The number of rotatable bonds is 1. The SMILES string of the molecule is N#Cc1ccc(=O)n(-c2ccc(Cl)nc2)c1[S-].[Na+]. The van der Waals surface area contributed by atoms with Crippen LogP contribution in [0.4, 0.5) is 0 Å². The summed E-state index contributed by atoms with van der Waals surface area (Å²) in [4.78, 5) is 15.6. The molecule has 0 bridgehead atoms. The van der Waals surface area contributed by atoms with Crippen molar-refractivity contribution in [3.63, 3.8) is 0 Å². The first-order valence-electron chi connectivity index (χ1n) is 4.58. The Hall–Kier alpha value is -0.900. The fourth-order valence-corrected chi connectivity index (χ4v) is 1.77. The predicted molar refractivity (Wildman–Crippen MR) is 65.2 cm³/mol. The van der Waals surface area contributed by atoms with E-state index in [4.69, 9.17) is 29.5 Å². The van der Waals surface area contributed by atoms with Crippen molar-refractivity contribution < 1.29 is 29.6 Å². The maximum atomic E-state index is 11.7. The van der Waals surface area contributed by atoms with Crippen LogP contribution in [0.5, 0.6) is 0 Å². The molecule has 0 atom stereocenters. The van der Waals surface area contributed by atoms with Crippen LogP contribution in [0.15, 0.2) is 40.3 Å². The fraction of sp³-hybridized carbons (Fsp3) is 0. The Morgan fingerprint density at radius 2 is 2.06 bits per heavy atom. The smallest absolute Gasteiger partial charge is 0.760 e. The van der Waals surface area contributed by atoms with Crippen molar-refractivity contribution >= 4 is 24.2 Å². The Kier molecular flexibility index (Phi) is 5.32. The molecule has 0 radical (unpaired) electrons. The molecule has 0 aromatic carbocycles. The van der Waals surface area contributed by atoms with Crippen LogP contribution in [0.1, 0.15) is 5.56 Å². The molecule has 7 heteroatoms. The molecule has 0 spiro atoms. The zero-order valence-electron chi connectivity index (χ0n) is 9.42. The Balaban J connectivity index is 0.00000162. The van der Waals surface area contributed by atoms with Gasteiger partial charge in [-0.3, -0.25) is 4.79 Å². The van der Waals surface area contributed by atoms with E-state index in [1.807, 2.05) is 6.07 Å². The van der Waals surface area contributed by atoms with Crippen molar-refractivity contribution in [3.05, 3.63) is 51.5 Å². The van der Waals surface area contributed by atoms with E-state index in [0.717, 1.165) is 0 Å². The van der Waals surface area contributed by atoms with Crippen LogP contribution in [0.2, 0.25) is 5.15 Å². The summed E-state index contributed by atoms with van der Waals surface area (Å²) in [6, 6.07) is 7.81. The minimum atomic E-state index is -0.307. The molecular formula is C11H5ClN3NaOS. The monoisotopic (exact) mass is 285 g/mol. The van der Waals surface area contributed by atoms with Gasteiger partial charge in [0.1, 0.15) is 5.15 Å². The fourth-order valence-electron chi connectivity index (χ4n) is 1.35. The first-order valence-corrected chi connectivity index (χ1v) is 5.37. The van der Waals surface area contributed by atoms with Gasteiger partial charge in [-0.25, -0.2) is 4.98 Å². The first kappa shape index (κ1) is 15.2. The Labute approximate surface area is 136 Å². The standard InChI is InChI=1S/C11H6ClN3OS.Na/c12-9-3-2-8(6-14-9)15-10(16)4-1-7(5-13)11(15)17;/h1-4,6,17H;/q;+1/p-1. The number of aromatic nitrogens is 2. The van der Waals surface area contributed by atoms with E-state index in [1.54, 1.807) is 12.1 Å². The molecule has 0 aliphatic carbocycles. The number of pyridine rings is 2. The molecule has 2 heterocycles. The summed E-state index contributed by atoms with van der Waals surface area (Å²) in [7, 11) is 0. The molecule has 2 aromatic heterocycles. The van der Waals surface area contributed by atoms with Gasteiger partial charge in [0.2, 0.25) is 0 Å². The molecule has 0 amide bonds. The normalized spacial score (nSPS) is 9.33. The van der Waals surface area contributed by atoms with Crippen LogP contribution in [-0.4, -0.2) is 9.55 Å². The number of hydrogen-bond donors (Lipinski definition) is 0. The minimum absolute atomic E-state index is 0. The third-order valence-corrected chi connectivity index (χ3v) is 2.76. The maximum Gasteiger partial charge on any atom is 1.00 e. The van der Waals surface area contributed by atoms with Gasteiger partial charge in [-0.2, -0.15) is 5.26 Å². The zero-order valence-corrected chi connectivity index (χ0v) is 13.0. The van der Waals surface area contributed by atoms with E-state index in [9.17, 15) is 4.79 Å². The quantitative estimate of drug-likeness (QED) is 0.370. The van der Waals surface area contributed by atoms with Gasteiger partial charge in [0.25, 0.3) is 5.56 Å². The molecule has 84 valence electrons. The van der Waals surface area contributed by atoms with Gasteiger partial charge in [-0.15, -0.1) is 0 Å². The second-order valence-electron chi connectivity index (χ2n) is 3.18. The summed E-state index contributed by atoms with van der Waals surface area (Å²) in [5.41, 5.74) is 0.453. The molecule has 0 saturated heterocycles. The van der Waals surface area contributed by atoms with Gasteiger partial charge >= 0.3 is 29.6 Å². The largest absolute Gasteiger partial charge is 1.00 e. The van der Waals surface area contributed by atoms with Gasteiger partial charge < -0.3 is 17.2 Å². The second-order valence-corrected chi connectivity index (χ2v) is 3.95. The summed E-state index contributed by atoms with van der Waals surface area (Å²) < 4.78 is 1.25. The first-order chi connectivity index (χ1) is 8.13. The third kappa shape index (κ3) is 2.91. The van der Waals surface area contributed by atoms with Gasteiger partial charge in [-0.05, 0) is 18.2 Å². The maximum absolute atomic E-state index is 11.7. The zero-order chi connectivity index (χ0) is 12.4. The second kappa shape index (κ2) is 6.32. The van der Waals surface area contributed by atoms with E-state index in [2.05, 4.69) is 4.98 Å². The third-order valence-electron chi connectivity index (χ3n) is 2.14. The van der Waals surface area contributed by atoms with Crippen molar-refractivity contribution in [1.82, 2.24) is 9.55 Å². The molecular weight excluding hydrogens is 281 g/mol. The van der Waals surface area contributed by atoms with Crippen molar-refractivity contribution in [3.8, 4) is 11.8 Å². The van der Waals surface area contributed by atoms with E-state index >= 15 is 0 Å². The van der Waals surface area contributed by atoms with Gasteiger partial charge in [0.15, 0.2) is 0 Å². The summed E-state index contributed by atoms with van der Waals surface area (Å²) in [5, 5.41) is 9.35. The molecule has 18 heavy (non-hydrogen) atoms. The average molecular weight is 286 g/mol. The van der Waals surface area contributed by atoms with Gasteiger partial charge in [-0.1, -0.05) is 16.6 Å². The molecule has 0 saturated carbocycles. The van der Waals surface area contributed by atoms with E-state index in [0.29, 0.717) is 10.8 Å².